The molecule has 0 spiro atoms. The van der Waals surface area contributed by atoms with Gasteiger partial charge in [0, 0.05) is 42.2 Å². The van der Waals surface area contributed by atoms with Crippen LogP contribution in [0.5, 0.6) is 5.88 Å². The number of aromatic amines is 1. The zero-order valence-electron chi connectivity index (χ0n) is 19.3. The Morgan fingerprint density at radius 1 is 1.09 bits per heavy atom. The number of benzene rings is 3. The van der Waals surface area contributed by atoms with Crippen LogP contribution in [0.3, 0.4) is 0 Å². The van der Waals surface area contributed by atoms with Crippen LogP contribution >= 0.6 is 11.6 Å². The van der Waals surface area contributed by atoms with Crippen LogP contribution in [0.2, 0.25) is 5.02 Å². The molecule has 6 nitrogen and oxygen atoms in total. The van der Waals surface area contributed by atoms with Gasteiger partial charge in [-0.3, -0.25) is 4.79 Å². The monoisotopic (exact) mass is 475 g/mol. The summed E-state index contributed by atoms with van der Waals surface area (Å²) in [5, 5.41) is 12.3. The first kappa shape index (κ1) is 23.4. The second kappa shape index (κ2) is 10.0. The number of aromatic hydroxyl groups is 1. The summed E-state index contributed by atoms with van der Waals surface area (Å²) in [6, 6.07) is 21.1. The topological polar surface area (TPSA) is 77.9 Å². The first-order valence-electron chi connectivity index (χ1n) is 10.9. The van der Waals surface area contributed by atoms with Gasteiger partial charge in [-0.25, -0.2) is 4.99 Å². The lowest BCUT2D eigenvalue weighted by Crippen LogP contribution is -2.08. The van der Waals surface area contributed by atoms with Gasteiger partial charge in [0.15, 0.2) is 5.88 Å². The van der Waals surface area contributed by atoms with E-state index in [9.17, 15) is 9.90 Å². The third-order valence-electron chi connectivity index (χ3n) is 5.63. The minimum absolute atomic E-state index is 0.0147. The maximum Gasteiger partial charge on any atom is 0.305 e. The van der Waals surface area contributed by atoms with Crippen LogP contribution in [-0.4, -0.2) is 43.0 Å². The van der Waals surface area contributed by atoms with Gasteiger partial charge in [-0.2, -0.15) is 0 Å². The number of aryl methyl sites for hydroxylation is 1. The molecule has 4 rings (SSSR count). The molecule has 0 unspecified atom stereocenters. The number of methoxy groups -OCH3 is 1. The van der Waals surface area contributed by atoms with Gasteiger partial charge >= 0.3 is 5.97 Å². The molecule has 34 heavy (non-hydrogen) atoms. The Kier molecular flexibility index (Phi) is 6.89. The number of halogens is 1. The predicted molar refractivity (Wildman–Crippen MR) is 138 cm³/mol. The minimum Gasteiger partial charge on any atom is -0.494 e. The lowest BCUT2D eigenvalue weighted by atomic mass is 9.97. The van der Waals surface area contributed by atoms with E-state index in [1.54, 1.807) is 12.1 Å². The fraction of sp³-hybridized carbons (Fsp3) is 0.185. The summed E-state index contributed by atoms with van der Waals surface area (Å²) in [5.41, 5.74) is 5.54. The number of ether oxygens (including phenoxy) is 1. The zero-order valence-corrected chi connectivity index (χ0v) is 20.1. The lowest BCUT2D eigenvalue weighted by molar-refractivity contribution is -0.140. The van der Waals surface area contributed by atoms with Crippen LogP contribution < -0.4 is 4.90 Å². The first-order valence-corrected chi connectivity index (χ1v) is 11.3. The summed E-state index contributed by atoms with van der Waals surface area (Å²) in [7, 11) is 5.36. The maximum atomic E-state index is 11.6. The van der Waals surface area contributed by atoms with Crippen LogP contribution in [0.25, 0.3) is 10.9 Å². The predicted octanol–water partition coefficient (Wildman–Crippen LogP) is 5.87. The molecule has 0 aliphatic heterocycles. The molecule has 0 fully saturated rings. The average Bonchev–Trinajstić information content (AvgIpc) is 3.15. The van der Waals surface area contributed by atoms with Crippen LogP contribution in [-0.2, 0) is 16.0 Å². The number of carbonyl (C=O) groups is 1. The zero-order chi connectivity index (χ0) is 24.2. The van der Waals surface area contributed by atoms with Gasteiger partial charge in [-0.1, -0.05) is 35.9 Å². The summed E-state index contributed by atoms with van der Waals surface area (Å²) in [4.78, 5) is 21.6. The molecule has 4 aromatic rings. The number of nitrogens with zero attached hydrogens (tertiary/aromatic N) is 2. The van der Waals surface area contributed by atoms with Crippen molar-refractivity contribution in [2.75, 3.05) is 26.1 Å². The molecule has 0 radical (unpaired) electrons. The molecule has 1 heterocycles. The number of aliphatic imine (C=N–C) groups is 1. The molecule has 0 atom stereocenters. The largest absolute Gasteiger partial charge is 0.494 e. The summed E-state index contributed by atoms with van der Waals surface area (Å²) in [6.45, 7) is 0. The second-order valence-electron chi connectivity index (χ2n) is 8.19. The molecule has 174 valence electrons. The average molecular weight is 476 g/mol. The molecule has 0 aliphatic rings. The highest BCUT2D eigenvalue weighted by Crippen LogP contribution is 2.33. The molecule has 0 saturated heterocycles. The van der Waals surface area contributed by atoms with Crippen LogP contribution in [0, 0.1) is 0 Å². The van der Waals surface area contributed by atoms with Crippen molar-refractivity contribution in [3.8, 4) is 5.88 Å². The van der Waals surface area contributed by atoms with Crippen molar-refractivity contribution >= 4 is 45.6 Å². The Hall–Kier alpha value is -3.77. The van der Waals surface area contributed by atoms with E-state index >= 15 is 0 Å². The summed E-state index contributed by atoms with van der Waals surface area (Å²) in [6.07, 6.45) is 0.829. The van der Waals surface area contributed by atoms with E-state index in [2.05, 4.69) is 4.98 Å². The van der Waals surface area contributed by atoms with Crippen molar-refractivity contribution < 1.29 is 14.6 Å². The van der Waals surface area contributed by atoms with E-state index in [1.807, 2.05) is 73.6 Å². The fourth-order valence-corrected chi connectivity index (χ4v) is 4.01. The third kappa shape index (κ3) is 5.07. The van der Waals surface area contributed by atoms with Gasteiger partial charge in [0.1, 0.15) is 0 Å². The Morgan fingerprint density at radius 3 is 2.56 bits per heavy atom. The van der Waals surface area contributed by atoms with E-state index in [0.717, 1.165) is 33.4 Å². The van der Waals surface area contributed by atoms with Crippen molar-refractivity contribution in [2.45, 2.75) is 12.8 Å². The number of fused-ring (bicyclic) bond motifs is 1. The molecule has 0 aliphatic carbocycles. The van der Waals surface area contributed by atoms with Crippen molar-refractivity contribution in [1.82, 2.24) is 4.98 Å². The lowest BCUT2D eigenvalue weighted by Gasteiger charge is -2.13. The normalized spacial score (nSPS) is 11.6. The highest BCUT2D eigenvalue weighted by atomic mass is 35.5. The van der Waals surface area contributed by atoms with Gasteiger partial charge in [0.05, 0.1) is 29.6 Å². The van der Waals surface area contributed by atoms with E-state index in [1.165, 1.54) is 7.11 Å². The van der Waals surface area contributed by atoms with Gasteiger partial charge in [0.2, 0.25) is 0 Å². The number of aromatic nitrogens is 1. The number of rotatable bonds is 7. The maximum absolute atomic E-state index is 11.6. The number of hydrogen-bond donors (Lipinski definition) is 2. The van der Waals surface area contributed by atoms with Crippen molar-refractivity contribution in [1.29, 1.82) is 0 Å². The Labute approximate surface area is 203 Å². The van der Waals surface area contributed by atoms with Gasteiger partial charge in [-0.05, 0) is 54.4 Å². The number of esters is 1. The molecule has 0 amide bonds. The van der Waals surface area contributed by atoms with E-state index in [-0.39, 0.29) is 18.3 Å². The number of nitrogens with one attached hydrogen (secondary N) is 1. The third-order valence-corrected chi connectivity index (χ3v) is 5.87. The highest BCUT2D eigenvalue weighted by Gasteiger charge is 2.19. The van der Waals surface area contributed by atoms with Gasteiger partial charge in [0.25, 0.3) is 0 Å². The number of anilines is 1. The van der Waals surface area contributed by atoms with Crippen molar-refractivity contribution in [3.63, 3.8) is 0 Å². The van der Waals surface area contributed by atoms with E-state index < -0.39 is 0 Å². The SMILES string of the molecule is COC(=O)CCc1cccc(C(=Nc2ccc(N(C)C)cc2)c2c(O)[nH]c3cc(Cl)ccc23)c1. The summed E-state index contributed by atoms with van der Waals surface area (Å²) < 4.78 is 4.77. The number of carbonyl (C=O) groups excluding carboxylic acids is 1. The summed E-state index contributed by atoms with van der Waals surface area (Å²) in [5.74, 6) is -0.243. The minimum atomic E-state index is -0.258. The second-order valence-corrected chi connectivity index (χ2v) is 8.62. The molecular weight excluding hydrogens is 450 g/mol. The molecule has 3 aromatic carbocycles. The Morgan fingerprint density at radius 2 is 1.85 bits per heavy atom. The molecular formula is C27H26ClN3O3. The Bertz CT molecular complexity index is 1360. The molecule has 7 heteroatoms. The molecule has 2 N–H and O–H groups in total. The van der Waals surface area contributed by atoms with Crippen molar-refractivity contribution in [3.05, 3.63) is 88.4 Å². The fourth-order valence-electron chi connectivity index (χ4n) is 3.84. The first-order chi connectivity index (χ1) is 16.4. The standard InChI is InChI=1S/C27H26ClN3O3/c1-31(2)21-11-9-20(10-12-21)29-26(18-6-4-5-17(15-18)7-14-24(32)34-3)25-22-13-8-19(28)16-23(22)30-27(25)33/h4-6,8-13,15-16,30,33H,7,14H2,1-3H3. The summed E-state index contributed by atoms with van der Waals surface area (Å²) >= 11 is 6.17. The van der Waals surface area contributed by atoms with E-state index in [0.29, 0.717) is 22.7 Å². The van der Waals surface area contributed by atoms with Gasteiger partial charge < -0.3 is 19.7 Å². The van der Waals surface area contributed by atoms with Gasteiger partial charge in [-0.15, -0.1) is 0 Å². The number of H-pyrrole nitrogens is 1. The molecule has 1 aromatic heterocycles. The molecule has 0 saturated carbocycles. The Balaban J connectivity index is 1.85. The van der Waals surface area contributed by atoms with E-state index in [4.69, 9.17) is 21.3 Å². The van der Waals surface area contributed by atoms with Crippen molar-refractivity contribution in [2.24, 2.45) is 4.99 Å². The van der Waals surface area contributed by atoms with Crippen LogP contribution in [0.15, 0.2) is 71.7 Å². The smallest absolute Gasteiger partial charge is 0.305 e. The highest BCUT2D eigenvalue weighted by molar-refractivity contribution is 6.31. The van der Waals surface area contributed by atoms with Crippen LogP contribution in [0.1, 0.15) is 23.1 Å². The quantitative estimate of drug-likeness (QED) is 0.259. The molecule has 0 bridgehead atoms. The number of hydrogen-bond acceptors (Lipinski definition) is 5. The van der Waals surface area contributed by atoms with Crippen LogP contribution in [0.4, 0.5) is 11.4 Å².